The molecule has 2 aromatic carbocycles. The van der Waals surface area contributed by atoms with Crippen molar-refractivity contribution in [1.29, 1.82) is 0 Å². The van der Waals surface area contributed by atoms with Crippen molar-refractivity contribution in [3.05, 3.63) is 71.3 Å². The summed E-state index contributed by atoms with van der Waals surface area (Å²) in [5, 5.41) is 49.9. The normalized spacial score (nSPS) is 10.8. The number of halogens is 1. The zero-order valence-corrected chi connectivity index (χ0v) is 47.6. The van der Waals surface area contributed by atoms with Crippen LogP contribution in [0.3, 0.4) is 0 Å². The number of benzene rings is 2. The van der Waals surface area contributed by atoms with Crippen LogP contribution in [-0.2, 0) is 50.2 Å². The Hall–Kier alpha value is -4.21. The monoisotopic (exact) mass is 1270 g/mol. The molecule has 21 nitrogen and oxygen atoms in total. The second kappa shape index (κ2) is 32.9. The average molecular weight is 1270 g/mol. The van der Waals surface area contributed by atoms with Gasteiger partial charge in [0.05, 0.1) is 105 Å². The number of nitrogens with zero attached hydrogens (tertiary/aromatic N) is 5. The molecule has 1 amide bonds. The van der Waals surface area contributed by atoms with E-state index in [1.165, 1.54) is 42.7 Å². The summed E-state index contributed by atoms with van der Waals surface area (Å²) < 4.78 is 34.5. The van der Waals surface area contributed by atoms with Crippen molar-refractivity contribution in [2.24, 2.45) is 0 Å². The fourth-order valence-electron chi connectivity index (χ4n) is 7.78. The number of hydrogen-bond donors (Lipinski definition) is 1. The second-order valence-electron chi connectivity index (χ2n) is 15.9. The van der Waals surface area contributed by atoms with E-state index in [2.05, 4.69) is 10.2 Å². The van der Waals surface area contributed by atoms with E-state index >= 15 is 0 Å². The summed E-state index contributed by atoms with van der Waals surface area (Å²) in [6, 6.07) is 13.6. The molecule has 2 heterocycles. The number of carbonyl (C=O) groups excluding carboxylic acids is 5. The number of aliphatic carboxylic acids is 4. The Bertz CT molecular complexity index is 2220. The number of aromatic nitrogens is 2. The first-order valence-electron chi connectivity index (χ1n) is 21.9. The van der Waals surface area contributed by atoms with Gasteiger partial charge in [0.2, 0.25) is 5.91 Å². The molecule has 0 spiro atoms. The first-order chi connectivity index (χ1) is 33.5. The number of hydrogen-bond acceptors (Lipinski definition) is 20. The number of carbonyl (C=O) groups is 5. The third-order valence-electron chi connectivity index (χ3n) is 10.7. The van der Waals surface area contributed by atoms with Crippen LogP contribution in [0.4, 0.5) is 0 Å². The molecule has 72 heavy (non-hydrogen) atoms. The minimum Gasteiger partial charge on any atom is -0.549 e. The Labute approximate surface area is 485 Å². The maximum Gasteiger partial charge on any atom is 1.00 e. The number of rotatable bonds is 32. The third kappa shape index (κ3) is 20.6. The van der Waals surface area contributed by atoms with Gasteiger partial charge in [0.25, 0.3) is 0 Å². The van der Waals surface area contributed by atoms with Gasteiger partial charge in [-0.15, -0.1) is 0 Å². The molecule has 1 radical (unpaired) electrons. The quantitative estimate of drug-likeness (QED) is 0.0216. The predicted molar refractivity (Wildman–Crippen MR) is 254 cm³/mol. The summed E-state index contributed by atoms with van der Waals surface area (Å²) in [6.45, 7) is -2.08. The standard InChI is InChI=1S/C48H61IN6O15.Na.Tb/c1-65-36-17-38(67-3)47(39(18-36)68-4)30-13-32(51-34(15-30)24-54(26-43(57)58)27-44(59)60)22-53(12-10-8-7-9-11-50-42(56)21-49)23-33-14-31(48-40(69-5)19-37(66-2)20-41(48)70-6)16-35(52-33)25-55(28-45(61)62)29-46(63)64;;/h13-20H,7-12,21-29H2,1-6H3,(H,50,56)(H,57,58)(H,59,60)(H,61,62)(H,63,64);;/q;+1;/p-4. The Morgan fingerprint density at radius 2 is 0.819 bits per heavy atom. The van der Waals surface area contributed by atoms with Crippen LogP contribution in [0.5, 0.6) is 34.5 Å². The number of alkyl halides is 1. The molecule has 0 bridgehead atoms. The molecular weight excluding hydrogens is 1210 g/mol. The van der Waals surface area contributed by atoms with Crippen LogP contribution in [0.15, 0.2) is 48.5 Å². The van der Waals surface area contributed by atoms with E-state index in [0.29, 0.717) is 103 Å². The SMILES string of the molecule is COc1cc(OC)c(-c2cc(CN(CC(=O)[O-])CC(=O)[O-])nc(CN(CCCCCCNC(=O)CI)Cc3cc(-c4c(OC)cc(OC)cc4OC)cc(CN(CC(=O)[O-])CC(=O)[O-])n3)c2)c(OC)c1.[Na+].[Tb]. The van der Waals surface area contributed by atoms with Crippen molar-refractivity contribution in [2.45, 2.75) is 51.9 Å². The van der Waals surface area contributed by atoms with Crippen molar-refractivity contribution >= 4 is 52.4 Å². The van der Waals surface area contributed by atoms with E-state index in [9.17, 15) is 44.4 Å². The van der Waals surface area contributed by atoms with Crippen LogP contribution in [0.2, 0.25) is 0 Å². The fourth-order valence-corrected chi connectivity index (χ4v) is 8.05. The predicted octanol–water partition coefficient (Wildman–Crippen LogP) is -3.42. The Morgan fingerprint density at radius 1 is 0.500 bits per heavy atom. The van der Waals surface area contributed by atoms with Crippen LogP contribution in [0, 0.1) is 38.6 Å². The summed E-state index contributed by atoms with van der Waals surface area (Å²) >= 11 is 2.00. The zero-order chi connectivity index (χ0) is 51.3. The van der Waals surface area contributed by atoms with Gasteiger partial charge in [-0.25, -0.2) is 0 Å². The van der Waals surface area contributed by atoms with Crippen LogP contribution < -0.4 is 83.7 Å². The number of carboxylic acid groups (broad SMARTS) is 4. The summed E-state index contributed by atoms with van der Waals surface area (Å²) in [5.74, 6) is -3.68. The number of ether oxygens (including phenoxy) is 6. The van der Waals surface area contributed by atoms with Crippen LogP contribution in [0.25, 0.3) is 22.3 Å². The zero-order valence-electron chi connectivity index (χ0n) is 41.3. The maximum atomic E-state index is 11.8. The van der Waals surface area contributed by atoms with Crippen molar-refractivity contribution in [2.75, 3.05) is 86.4 Å². The van der Waals surface area contributed by atoms with Gasteiger partial charge in [-0.05, 0) is 54.8 Å². The van der Waals surface area contributed by atoms with E-state index in [0.717, 1.165) is 29.1 Å². The Kier molecular flexibility index (Phi) is 29.2. The van der Waals surface area contributed by atoms with Crippen molar-refractivity contribution in [1.82, 2.24) is 30.0 Å². The number of unbranched alkanes of at least 4 members (excludes halogenated alkanes) is 3. The number of carboxylic acids is 4. The van der Waals surface area contributed by atoms with Gasteiger partial charge in [-0.1, -0.05) is 35.4 Å². The van der Waals surface area contributed by atoms with Gasteiger partial charge in [0, 0.05) is 122 Å². The molecule has 24 heteroatoms. The van der Waals surface area contributed by atoms with E-state index in [4.69, 9.17) is 38.4 Å². The van der Waals surface area contributed by atoms with E-state index in [1.54, 1.807) is 48.5 Å². The Morgan fingerprint density at radius 3 is 1.11 bits per heavy atom. The first kappa shape index (κ1) is 63.9. The molecule has 0 saturated heterocycles. The first-order valence-corrected chi connectivity index (χ1v) is 23.4. The summed E-state index contributed by atoms with van der Waals surface area (Å²) in [6.07, 6.45) is 3.01. The molecule has 389 valence electrons. The smallest absolute Gasteiger partial charge is 0.549 e. The van der Waals surface area contributed by atoms with Crippen molar-refractivity contribution in [3.8, 4) is 56.8 Å². The topological polar surface area (TPSA) is 280 Å². The third-order valence-corrected chi connectivity index (χ3v) is 11.4. The average Bonchev–Trinajstić information content (AvgIpc) is 3.31. The van der Waals surface area contributed by atoms with E-state index < -0.39 is 50.1 Å². The molecule has 0 aliphatic heterocycles. The van der Waals surface area contributed by atoms with Gasteiger partial charge < -0.3 is 73.3 Å². The van der Waals surface area contributed by atoms with Crippen LogP contribution in [-0.4, -0.2) is 141 Å². The summed E-state index contributed by atoms with van der Waals surface area (Å²) in [7, 11) is 8.89. The number of pyridine rings is 2. The molecule has 0 aliphatic carbocycles. The maximum absolute atomic E-state index is 11.8. The number of amides is 1. The van der Waals surface area contributed by atoms with Crippen LogP contribution in [0.1, 0.15) is 48.5 Å². The number of nitrogens with one attached hydrogen (secondary N) is 1. The van der Waals surface area contributed by atoms with Crippen LogP contribution >= 0.6 is 22.6 Å². The summed E-state index contributed by atoms with van der Waals surface area (Å²) in [5.41, 5.74) is 3.61. The minimum atomic E-state index is -1.50. The molecule has 0 aliphatic rings. The van der Waals surface area contributed by atoms with Crippen molar-refractivity contribution < 1.29 is 141 Å². The molecule has 0 atom stereocenters. The Balaban J connectivity index is 0.00000888. The largest absolute Gasteiger partial charge is 1.00 e. The molecule has 2 aromatic heterocycles. The summed E-state index contributed by atoms with van der Waals surface area (Å²) in [4.78, 5) is 73.0. The van der Waals surface area contributed by atoms with E-state index in [1.807, 2.05) is 22.6 Å². The minimum absolute atomic E-state index is 0. The van der Waals surface area contributed by atoms with E-state index in [-0.39, 0.29) is 100 Å². The molecule has 1 N–H and O–H groups in total. The fraction of sp³-hybridized carbons (Fsp3) is 0.438. The molecule has 4 aromatic rings. The van der Waals surface area contributed by atoms with Gasteiger partial charge >= 0.3 is 29.6 Å². The van der Waals surface area contributed by atoms with Gasteiger partial charge in [-0.2, -0.15) is 0 Å². The number of methoxy groups -OCH3 is 6. The van der Waals surface area contributed by atoms with Crippen molar-refractivity contribution in [3.63, 3.8) is 0 Å². The molecule has 4 rings (SSSR count). The molecule has 0 fully saturated rings. The molecular formula is C48H57IN6NaO15Tb-3. The van der Waals surface area contributed by atoms with Gasteiger partial charge in [0.15, 0.2) is 0 Å². The van der Waals surface area contributed by atoms with Gasteiger partial charge in [0.1, 0.15) is 34.5 Å². The molecule has 0 unspecified atom stereocenters. The molecule has 0 saturated carbocycles. The second-order valence-corrected chi connectivity index (χ2v) is 16.6. The van der Waals surface area contributed by atoms with Gasteiger partial charge in [-0.3, -0.25) is 29.5 Å².